The minimum atomic E-state index is -0.863. The summed E-state index contributed by atoms with van der Waals surface area (Å²) in [6, 6.07) is 0. The Hall–Kier alpha value is -0.480. The molecule has 0 spiro atoms. The molecule has 4 heteroatoms. The van der Waals surface area contributed by atoms with Crippen LogP contribution in [0.4, 0.5) is 0 Å². The monoisotopic (exact) mass is 215 g/mol. The van der Waals surface area contributed by atoms with Gasteiger partial charge in [-0.15, -0.1) is 0 Å². The topological polar surface area (TPSA) is 40.5 Å². The highest BCUT2D eigenvalue weighted by molar-refractivity contribution is 8.00. The predicted octanol–water partition coefficient (Wildman–Crippen LogP) is 1.45. The summed E-state index contributed by atoms with van der Waals surface area (Å²) in [6.45, 7) is 7.29. The van der Waals surface area contributed by atoms with Gasteiger partial charge in [0.05, 0.1) is 0 Å². The smallest absolute Gasteiger partial charge is 0.328 e. The summed E-state index contributed by atoms with van der Waals surface area (Å²) in [5.41, 5.74) is 0. The number of nitrogens with zero attached hydrogens (tertiary/aromatic N) is 1. The molecule has 1 aliphatic heterocycles. The lowest BCUT2D eigenvalue weighted by molar-refractivity contribution is -0.131. The van der Waals surface area contributed by atoms with Crippen molar-refractivity contribution in [3.63, 3.8) is 0 Å². The second-order valence-corrected chi connectivity index (χ2v) is 5.60. The molecule has 3 nitrogen and oxygen atoms in total. The Kier molecular flexibility index (Phi) is 4.48. The van der Waals surface area contributed by atoms with Gasteiger partial charge in [-0.3, -0.25) is 4.90 Å². The highest BCUT2D eigenvalue weighted by Crippen LogP contribution is 2.24. The third kappa shape index (κ3) is 4.15. The van der Waals surface area contributed by atoms with E-state index in [-0.39, 0.29) is 0 Å². The first kappa shape index (κ1) is 11.6. The van der Waals surface area contributed by atoms with E-state index in [0.717, 1.165) is 19.6 Å². The summed E-state index contributed by atoms with van der Waals surface area (Å²) in [7, 11) is 0. The molecule has 1 N–H and O–H groups in total. The van der Waals surface area contributed by atoms with Crippen molar-refractivity contribution in [3.05, 3.63) is 12.2 Å². The maximum atomic E-state index is 10.3. The van der Waals surface area contributed by atoms with Crippen LogP contribution in [-0.2, 0) is 4.79 Å². The lowest BCUT2D eigenvalue weighted by Gasteiger charge is -2.33. The summed E-state index contributed by atoms with van der Waals surface area (Å²) in [5, 5.41) is 9.74. The van der Waals surface area contributed by atoms with Gasteiger partial charge in [-0.1, -0.05) is 19.9 Å². The van der Waals surface area contributed by atoms with E-state index in [1.807, 2.05) is 11.8 Å². The summed E-state index contributed by atoms with van der Waals surface area (Å²) < 4.78 is 0. The second kappa shape index (κ2) is 5.41. The molecular formula is C10H17NO2S. The average molecular weight is 215 g/mol. The van der Waals surface area contributed by atoms with Crippen molar-refractivity contribution < 1.29 is 9.90 Å². The lowest BCUT2D eigenvalue weighted by atomic mass is 10.3. The number of thioether (sulfide) groups is 1. The summed E-state index contributed by atoms with van der Waals surface area (Å²) >= 11 is 2.00. The van der Waals surface area contributed by atoms with Crippen LogP contribution < -0.4 is 0 Å². The number of carboxylic acids is 1. The largest absolute Gasteiger partial charge is 0.478 e. The van der Waals surface area contributed by atoms with Gasteiger partial charge in [0, 0.05) is 36.2 Å². The molecule has 0 aromatic carbocycles. The molecule has 2 unspecified atom stereocenters. The van der Waals surface area contributed by atoms with Gasteiger partial charge in [0.15, 0.2) is 0 Å². The fourth-order valence-electron chi connectivity index (χ4n) is 1.74. The maximum absolute atomic E-state index is 10.3. The Morgan fingerprint density at radius 2 is 2.07 bits per heavy atom. The van der Waals surface area contributed by atoms with E-state index in [0.29, 0.717) is 10.5 Å². The van der Waals surface area contributed by atoms with Gasteiger partial charge in [-0.25, -0.2) is 4.79 Å². The van der Waals surface area contributed by atoms with E-state index in [4.69, 9.17) is 5.11 Å². The number of aliphatic carboxylic acids is 1. The molecule has 1 heterocycles. The molecule has 1 rings (SSSR count). The normalized spacial score (nSPS) is 29.6. The molecule has 0 bridgehead atoms. The van der Waals surface area contributed by atoms with Crippen LogP contribution in [0.5, 0.6) is 0 Å². The Morgan fingerprint density at radius 1 is 1.50 bits per heavy atom. The molecule has 0 saturated carbocycles. The van der Waals surface area contributed by atoms with Crippen LogP contribution in [0.2, 0.25) is 0 Å². The Morgan fingerprint density at radius 3 is 2.57 bits per heavy atom. The summed E-state index contributed by atoms with van der Waals surface area (Å²) in [6.07, 6.45) is 2.94. The average Bonchev–Trinajstić information content (AvgIpc) is 2.01. The molecule has 1 fully saturated rings. The molecule has 0 aromatic heterocycles. The molecule has 1 aliphatic rings. The fraction of sp³-hybridized carbons (Fsp3) is 0.700. The minimum Gasteiger partial charge on any atom is -0.478 e. The van der Waals surface area contributed by atoms with Crippen LogP contribution in [0.15, 0.2) is 12.2 Å². The first-order valence-electron chi connectivity index (χ1n) is 4.85. The van der Waals surface area contributed by atoms with Crippen molar-refractivity contribution in [2.24, 2.45) is 0 Å². The summed E-state index contributed by atoms with van der Waals surface area (Å²) in [4.78, 5) is 12.6. The van der Waals surface area contributed by atoms with Crippen LogP contribution in [0.1, 0.15) is 13.8 Å². The molecular weight excluding hydrogens is 198 g/mol. The van der Waals surface area contributed by atoms with Crippen LogP contribution in [0.25, 0.3) is 0 Å². The highest BCUT2D eigenvalue weighted by Gasteiger charge is 2.20. The van der Waals surface area contributed by atoms with Crippen molar-refractivity contribution in [1.29, 1.82) is 0 Å². The zero-order valence-electron chi connectivity index (χ0n) is 8.64. The van der Waals surface area contributed by atoms with E-state index < -0.39 is 5.97 Å². The SMILES string of the molecule is CC1CN(C/C=C/C(=O)O)CC(C)S1. The highest BCUT2D eigenvalue weighted by atomic mass is 32.2. The lowest BCUT2D eigenvalue weighted by Crippen LogP contribution is -2.40. The van der Waals surface area contributed by atoms with Gasteiger partial charge in [-0.05, 0) is 0 Å². The molecule has 1 saturated heterocycles. The van der Waals surface area contributed by atoms with Crippen molar-refractivity contribution >= 4 is 17.7 Å². The number of carboxylic acid groups (broad SMARTS) is 1. The first-order valence-corrected chi connectivity index (χ1v) is 5.79. The zero-order valence-corrected chi connectivity index (χ0v) is 9.46. The second-order valence-electron chi connectivity index (χ2n) is 3.72. The van der Waals surface area contributed by atoms with Gasteiger partial charge in [-0.2, -0.15) is 11.8 Å². The molecule has 0 aromatic rings. The molecule has 2 atom stereocenters. The third-order valence-electron chi connectivity index (χ3n) is 2.12. The first-order chi connectivity index (χ1) is 6.58. The van der Waals surface area contributed by atoms with Crippen molar-refractivity contribution in [2.45, 2.75) is 24.3 Å². The quantitative estimate of drug-likeness (QED) is 0.723. The number of hydrogen-bond donors (Lipinski definition) is 1. The van der Waals surface area contributed by atoms with Gasteiger partial charge >= 0.3 is 5.97 Å². The minimum absolute atomic E-state index is 0.650. The third-order valence-corrected chi connectivity index (χ3v) is 3.35. The van der Waals surface area contributed by atoms with E-state index in [9.17, 15) is 4.79 Å². The van der Waals surface area contributed by atoms with Gasteiger partial charge < -0.3 is 5.11 Å². The van der Waals surface area contributed by atoms with Gasteiger partial charge in [0.1, 0.15) is 0 Å². The Balaban J connectivity index is 2.33. The number of rotatable bonds is 3. The van der Waals surface area contributed by atoms with Crippen LogP contribution in [0.3, 0.4) is 0 Å². The molecule has 0 radical (unpaired) electrons. The van der Waals surface area contributed by atoms with Gasteiger partial charge in [0.2, 0.25) is 0 Å². The van der Waals surface area contributed by atoms with Crippen molar-refractivity contribution in [2.75, 3.05) is 19.6 Å². The molecule has 14 heavy (non-hydrogen) atoms. The van der Waals surface area contributed by atoms with E-state index in [2.05, 4.69) is 18.7 Å². The molecule has 0 amide bonds. The Labute approximate surface area is 89.2 Å². The predicted molar refractivity (Wildman–Crippen MR) is 59.7 cm³/mol. The molecule has 0 aliphatic carbocycles. The van der Waals surface area contributed by atoms with Crippen LogP contribution in [0, 0.1) is 0 Å². The van der Waals surface area contributed by atoms with E-state index in [1.165, 1.54) is 6.08 Å². The zero-order chi connectivity index (χ0) is 10.6. The van der Waals surface area contributed by atoms with Crippen molar-refractivity contribution in [1.82, 2.24) is 4.90 Å². The Bertz CT molecular complexity index is 220. The van der Waals surface area contributed by atoms with Crippen LogP contribution in [-0.4, -0.2) is 46.1 Å². The van der Waals surface area contributed by atoms with E-state index in [1.54, 1.807) is 6.08 Å². The molecule has 80 valence electrons. The van der Waals surface area contributed by atoms with Crippen LogP contribution >= 0.6 is 11.8 Å². The number of hydrogen-bond acceptors (Lipinski definition) is 3. The van der Waals surface area contributed by atoms with E-state index >= 15 is 0 Å². The standard InChI is InChI=1S/C10H17NO2S/c1-8-6-11(7-9(2)14-8)5-3-4-10(12)13/h3-4,8-9H,5-7H2,1-2H3,(H,12,13)/b4-3+. The van der Waals surface area contributed by atoms with Crippen molar-refractivity contribution in [3.8, 4) is 0 Å². The summed E-state index contributed by atoms with van der Waals surface area (Å²) in [5.74, 6) is -0.863. The van der Waals surface area contributed by atoms with Gasteiger partial charge in [0.25, 0.3) is 0 Å². The number of carbonyl (C=O) groups is 1. The fourth-order valence-corrected chi connectivity index (χ4v) is 3.12. The maximum Gasteiger partial charge on any atom is 0.328 e.